The summed E-state index contributed by atoms with van der Waals surface area (Å²) in [6, 6.07) is 6.37. The summed E-state index contributed by atoms with van der Waals surface area (Å²) in [4.78, 5) is 12.0. The molecule has 2 rings (SSSR count). The van der Waals surface area contributed by atoms with Crippen LogP contribution < -0.4 is 11.1 Å². The van der Waals surface area contributed by atoms with Crippen molar-refractivity contribution in [3.05, 3.63) is 42.0 Å². The number of rotatable bonds is 7. The summed E-state index contributed by atoms with van der Waals surface area (Å²) >= 11 is 1.61. The van der Waals surface area contributed by atoms with E-state index in [1.807, 2.05) is 0 Å². The highest BCUT2D eigenvalue weighted by Gasteiger charge is 2.03. The van der Waals surface area contributed by atoms with Crippen molar-refractivity contribution in [2.24, 2.45) is 5.73 Å². The van der Waals surface area contributed by atoms with E-state index in [1.165, 1.54) is 12.1 Å². The van der Waals surface area contributed by atoms with Gasteiger partial charge in [0, 0.05) is 10.6 Å². The number of thioether (sulfide) groups is 1. The Bertz CT molecular complexity index is 587. The predicted octanol–water partition coefficient (Wildman–Crippen LogP) is 0.784. The van der Waals surface area contributed by atoms with Gasteiger partial charge in [-0.25, -0.2) is 4.39 Å². The summed E-state index contributed by atoms with van der Waals surface area (Å²) in [6.07, 6.45) is 1.78. The molecule has 0 fully saturated rings. The van der Waals surface area contributed by atoms with Gasteiger partial charge in [-0.1, -0.05) is 5.21 Å². The normalized spacial score (nSPS) is 10.6. The number of benzene rings is 1. The molecule has 1 amide bonds. The second-order valence-electron chi connectivity index (χ2n) is 4.26. The first kappa shape index (κ1) is 15.5. The van der Waals surface area contributed by atoms with Crippen LogP contribution in [0.5, 0.6) is 0 Å². The van der Waals surface area contributed by atoms with Gasteiger partial charge in [-0.3, -0.25) is 9.48 Å². The Morgan fingerprint density at radius 1 is 1.38 bits per heavy atom. The van der Waals surface area contributed by atoms with Crippen molar-refractivity contribution < 1.29 is 9.18 Å². The molecule has 8 heteroatoms. The van der Waals surface area contributed by atoms with Crippen LogP contribution in [0.15, 0.2) is 35.4 Å². The summed E-state index contributed by atoms with van der Waals surface area (Å²) in [7, 11) is 0. The maximum atomic E-state index is 12.8. The fourth-order valence-electron chi connectivity index (χ4n) is 1.58. The summed E-state index contributed by atoms with van der Waals surface area (Å²) in [5.41, 5.74) is 5.88. The first-order chi connectivity index (χ1) is 10.2. The molecule has 0 spiro atoms. The number of amides is 1. The number of aromatic nitrogens is 3. The van der Waals surface area contributed by atoms with Gasteiger partial charge in [0.05, 0.1) is 25.8 Å². The smallest absolute Gasteiger partial charge is 0.234 e. The maximum Gasteiger partial charge on any atom is 0.234 e. The lowest BCUT2D eigenvalue weighted by molar-refractivity contribution is -0.119. The van der Waals surface area contributed by atoms with Crippen molar-refractivity contribution in [1.29, 1.82) is 0 Å². The number of carbonyl (C=O) groups excluding carboxylic acids is 1. The molecule has 1 aromatic carbocycles. The van der Waals surface area contributed by atoms with Crippen LogP contribution in [0.1, 0.15) is 5.69 Å². The highest BCUT2D eigenvalue weighted by molar-refractivity contribution is 7.99. The van der Waals surface area contributed by atoms with E-state index in [0.717, 1.165) is 10.6 Å². The van der Waals surface area contributed by atoms with Crippen LogP contribution in [-0.4, -0.2) is 33.2 Å². The minimum atomic E-state index is -0.236. The Balaban J connectivity index is 1.75. The van der Waals surface area contributed by atoms with Gasteiger partial charge in [-0.2, -0.15) is 0 Å². The Labute approximate surface area is 125 Å². The predicted molar refractivity (Wildman–Crippen MR) is 78.0 cm³/mol. The van der Waals surface area contributed by atoms with Gasteiger partial charge in [-0.15, -0.1) is 16.9 Å². The third-order valence-electron chi connectivity index (χ3n) is 2.64. The second-order valence-corrected chi connectivity index (χ2v) is 5.42. The van der Waals surface area contributed by atoms with Crippen molar-refractivity contribution in [2.75, 3.05) is 12.3 Å². The molecule has 3 N–H and O–H groups in total. The lowest BCUT2D eigenvalue weighted by Gasteiger charge is -2.01. The van der Waals surface area contributed by atoms with Crippen molar-refractivity contribution in [1.82, 2.24) is 20.3 Å². The average molecular weight is 309 g/mol. The highest BCUT2D eigenvalue weighted by atomic mass is 32.2. The molecule has 21 heavy (non-hydrogen) atoms. The zero-order valence-corrected chi connectivity index (χ0v) is 12.1. The van der Waals surface area contributed by atoms with E-state index in [4.69, 9.17) is 5.73 Å². The van der Waals surface area contributed by atoms with Crippen LogP contribution in [0, 0.1) is 5.82 Å². The zero-order valence-electron chi connectivity index (χ0n) is 11.3. The van der Waals surface area contributed by atoms with Crippen molar-refractivity contribution in [3.63, 3.8) is 0 Å². The largest absolute Gasteiger partial charge is 0.349 e. The van der Waals surface area contributed by atoms with E-state index in [-0.39, 0.29) is 18.3 Å². The molecular weight excluding hydrogens is 293 g/mol. The second kappa shape index (κ2) is 7.75. The third kappa shape index (κ3) is 5.16. The molecule has 0 saturated carbocycles. The first-order valence-electron chi connectivity index (χ1n) is 6.41. The molecule has 0 unspecified atom stereocenters. The first-order valence-corrected chi connectivity index (χ1v) is 7.40. The van der Waals surface area contributed by atoms with Gasteiger partial charge in [0.2, 0.25) is 5.91 Å². The molecule has 6 nitrogen and oxygen atoms in total. The third-order valence-corrected chi connectivity index (χ3v) is 3.63. The molecule has 0 aliphatic carbocycles. The quantitative estimate of drug-likeness (QED) is 0.738. The number of aryl methyl sites for hydroxylation is 1. The number of carbonyl (C=O) groups is 1. The highest BCUT2D eigenvalue weighted by Crippen LogP contribution is 2.18. The van der Waals surface area contributed by atoms with E-state index < -0.39 is 0 Å². The molecule has 0 bridgehead atoms. The molecule has 0 radical (unpaired) electrons. The minimum Gasteiger partial charge on any atom is -0.349 e. The van der Waals surface area contributed by atoms with Crippen LogP contribution in [-0.2, 0) is 17.9 Å². The number of nitrogens with zero attached hydrogens (tertiary/aromatic N) is 3. The van der Waals surface area contributed by atoms with Crippen molar-refractivity contribution >= 4 is 17.7 Å². The van der Waals surface area contributed by atoms with Crippen LogP contribution >= 0.6 is 11.8 Å². The molecule has 0 saturated heterocycles. The van der Waals surface area contributed by atoms with E-state index in [9.17, 15) is 9.18 Å². The molecule has 0 atom stereocenters. The van der Waals surface area contributed by atoms with E-state index in [1.54, 1.807) is 34.8 Å². The maximum absolute atomic E-state index is 12.8. The fourth-order valence-corrected chi connectivity index (χ4v) is 2.42. The Hall–Kier alpha value is -1.93. The van der Waals surface area contributed by atoms with Gasteiger partial charge in [-0.05, 0) is 24.3 Å². The lowest BCUT2D eigenvalue weighted by atomic mass is 10.4. The number of nitrogens with one attached hydrogen (secondary N) is 1. The lowest BCUT2D eigenvalue weighted by Crippen LogP contribution is -2.29. The zero-order chi connectivity index (χ0) is 15.1. The topological polar surface area (TPSA) is 85.8 Å². The molecular formula is C13H16FN5OS. The molecule has 2 aromatic rings. The Morgan fingerprint density at radius 2 is 2.14 bits per heavy atom. The Morgan fingerprint density at radius 3 is 2.86 bits per heavy atom. The summed E-state index contributed by atoms with van der Waals surface area (Å²) < 4.78 is 14.5. The van der Waals surface area contributed by atoms with Gasteiger partial charge < -0.3 is 11.1 Å². The number of hydrogen-bond acceptors (Lipinski definition) is 5. The van der Waals surface area contributed by atoms with Crippen molar-refractivity contribution in [2.45, 2.75) is 18.0 Å². The van der Waals surface area contributed by atoms with Gasteiger partial charge in [0.25, 0.3) is 0 Å². The van der Waals surface area contributed by atoms with E-state index in [0.29, 0.717) is 18.8 Å². The molecule has 112 valence electrons. The molecule has 1 aromatic heterocycles. The Kier molecular flexibility index (Phi) is 5.70. The number of halogens is 1. The fraction of sp³-hybridized carbons (Fsp3) is 0.308. The van der Waals surface area contributed by atoms with Crippen LogP contribution in [0.25, 0.3) is 0 Å². The number of hydrogen-bond donors (Lipinski definition) is 2. The SMILES string of the molecule is NCC(=O)NCc1cn(CCSc2ccc(F)cc2)nn1. The molecule has 0 aliphatic heterocycles. The average Bonchev–Trinajstić information content (AvgIpc) is 2.95. The van der Waals surface area contributed by atoms with Crippen LogP contribution in [0.3, 0.4) is 0 Å². The number of nitrogens with two attached hydrogens (primary N) is 1. The van der Waals surface area contributed by atoms with Crippen LogP contribution in [0.2, 0.25) is 0 Å². The van der Waals surface area contributed by atoms with E-state index >= 15 is 0 Å². The van der Waals surface area contributed by atoms with Gasteiger partial charge in [0.1, 0.15) is 11.5 Å². The molecule has 0 aliphatic rings. The summed E-state index contributed by atoms with van der Waals surface area (Å²) in [6.45, 7) is 0.962. The van der Waals surface area contributed by atoms with E-state index in [2.05, 4.69) is 15.6 Å². The molecule has 1 heterocycles. The van der Waals surface area contributed by atoms with Crippen molar-refractivity contribution in [3.8, 4) is 0 Å². The summed E-state index contributed by atoms with van der Waals surface area (Å²) in [5.74, 6) is 0.333. The summed E-state index contributed by atoms with van der Waals surface area (Å²) in [5, 5.41) is 10.6. The van der Waals surface area contributed by atoms with Crippen LogP contribution in [0.4, 0.5) is 4.39 Å². The van der Waals surface area contributed by atoms with Gasteiger partial charge in [0.15, 0.2) is 0 Å². The minimum absolute atomic E-state index is 0.0392. The monoisotopic (exact) mass is 309 g/mol. The standard InChI is InChI=1S/C13H16FN5OS/c14-10-1-3-12(4-2-10)21-6-5-19-9-11(17-18-19)8-16-13(20)7-15/h1-4,9H,5-8,15H2,(H,16,20). The van der Waals surface area contributed by atoms with Gasteiger partial charge >= 0.3 is 0 Å².